The smallest absolute Gasteiger partial charge is 0.272 e. The van der Waals surface area contributed by atoms with Crippen molar-refractivity contribution in [3.8, 4) is 10.6 Å². The number of rotatable bonds is 4. The van der Waals surface area contributed by atoms with Gasteiger partial charge >= 0.3 is 0 Å². The van der Waals surface area contributed by atoms with Crippen LogP contribution in [0.1, 0.15) is 16.9 Å². The summed E-state index contributed by atoms with van der Waals surface area (Å²) in [6.07, 6.45) is 3.41. The monoisotopic (exact) mass is 434 g/mol. The van der Waals surface area contributed by atoms with E-state index in [0.29, 0.717) is 31.7 Å². The van der Waals surface area contributed by atoms with Gasteiger partial charge in [-0.15, -0.1) is 11.3 Å². The summed E-state index contributed by atoms with van der Waals surface area (Å²) in [5.74, 6) is -0.136. The molecule has 0 N–H and O–H groups in total. The van der Waals surface area contributed by atoms with Gasteiger partial charge in [-0.05, 0) is 23.9 Å². The zero-order chi connectivity index (χ0) is 20.6. The SMILES string of the molecule is Cn1cc(S(=O)(=O)N2CCCN(C(=O)c3cc(-c4cccs4)nn3C)CC2)cn1. The summed E-state index contributed by atoms with van der Waals surface area (Å²) >= 11 is 1.57. The van der Waals surface area contributed by atoms with Crippen LogP contribution in [-0.4, -0.2) is 69.3 Å². The van der Waals surface area contributed by atoms with Crippen molar-refractivity contribution in [2.24, 2.45) is 14.1 Å². The predicted octanol–water partition coefficient (Wildman–Crippen LogP) is 1.42. The highest BCUT2D eigenvalue weighted by molar-refractivity contribution is 7.89. The number of aromatic nitrogens is 4. The van der Waals surface area contributed by atoms with Crippen LogP contribution < -0.4 is 0 Å². The number of carbonyl (C=O) groups excluding carboxylic acids is 1. The maximum Gasteiger partial charge on any atom is 0.272 e. The molecular formula is C18H22N6O3S2. The molecule has 29 heavy (non-hydrogen) atoms. The van der Waals surface area contributed by atoms with Crippen LogP contribution >= 0.6 is 11.3 Å². The van der Waals surface area contributed by atoms with Gasteiger partial charge in [0.05, 0.1) is 11.1 Å². The standard InChI is InChI=1S/C18H22N6O3S2/c1-21-13-14(12-19-21)29(26,27)24-7-4-6-23(8-9-24)18(25)16-11-15(20-22(16)2)17-5-3-10-28-17/h3,5,10-13H,4,6-9H2,1-2H3. The molecule has 0 atom stereocenters. The van der Waals surface area contributed by atoms with Crippen molar-refractivity contribution in [3.63, 3.8) is 0 Å². The Kier molecular flexibility index (Phi) is 5.28. The van der Waals surface area contributed by atoms with Crippen molar-refractivity contribution in [2.75, 3.05) is 26.2 Å². The van der Waals surface area contributed by atoms with Gasteiger partial charge in [0, 0.05) is 46.5 Å². The number of nitrogens with zero attached hydrogens (tertiary/aromatic N) is 6. The fourth-order valence-corrected chi connectivity index (χ4v) is 5.53. The van der Waals surface area contributed by atoms with Gasteiger partial charge < -0.3 is 4.90 Å². The molecule has 4 rings (SSSR count). The lowest BCUT2D eigenvalue weighted by molar-refractivity contribution is 0.0753. The Labute approximate surface area is 173 Å². The number of amides is 1. The van der Waals surface area contributed by atoms with Gasteiger partial charge in [-0.3, -0.25) is 14.2 Å². The first-order chi connectivity index (χ1) is 13.9. The zero-order valence-corrected chi connectivity index (χ0v) is 17.9. The van der Waals surface area contributed by atoms with Crippen LogP contribution in [0, 0.1) is 0 Å². The van der Waals surface area contributed by atoms with Crippen molar-refractivity contribution < 1.29 is 13.2 Å². The molecule has 3 aromatic rings. The van der Waals surface area contributed by atoms with E-state index in [1.165, 1.54) is 21.4 Å². The van der Waals surface area contributed by atoms with Gasteiger partial charge in [0.1, 0.15) is 16.3 Å². The summed E-state index contributed by atoms with van der Waals surface area (Å²) in [6, 6.07) is 5.71. The van der Waals surface area contributed by atoms with Crippen LogP contribution in [0.3, 0.4) is 0 Å². The highest BCUT2D eigenvalue weighted by Crippen LogP contribution is 2.25. The van der Waals surface area contributed by atoms with E-state index in [1.54, 1.807) is 41.1 Å². The topological polar surface area (TPSA) is 93.3 Å². The van der Waals surface area contributed by atoms with E-state index in [-0.39, 0.29) is 17.3 Å². The Morgan fingerprint density at radius 1 is 1.17 bits per heavy atom. The van der Waals surface area contributed by atoms with Crippen LogP contribution in [0.5, 0.6) is 0 Å². The molecule has 0 unspecified atom stereocenters. The summed E-state index contributed by atoms with van der Waals surface area (Å²) in [6.45, 7) is 1.45. The van der Waals surface area contributed by atoms with Crippen LogP contribution in [-0.2, 0) is 24.1 Å². The van der Waals surface area contributed by atoms with Gasteiger partial charge in [0.15, 0.2) is 0 Å². The highest BCUT2D eigenvalue weighted by atomic mass is 32.2. The summed E-state index contributed by atoms with van der Waals surface area (Å²) in [7, 11) is -0.184. The summed E-state index contributed by atoms with van der Waals surface area (Å²) in [5.41, 5.74) is 1.26. The molecule has 9 nitrogen and oxygen atoms in total. The first-order valence-electron chi connectivity index (χ1n) is 9.22. The lowest BCUT2D eigenvalue weighted by Crippen LogP contribution is -2.37. The van der Waals surface area contributed by atoms with E-state index in [9.17, 15) is 13.2 Å². The number of thiophene rings is 1. The second-order valence-electron chi connectivity index (χ2n) is 6.92. The molecule has 1 amide bonds. The molecule has 4 heterocycles. The second kappa shape index (κ2) is 7.73. The third-order valence-corrected chi connectivity index (χ3v) is 7.68. The van der Waals surface area contributed by atoms with E-state index in [4.69, 9.17) is 0 Å². The molecule has 0 spiro atoms. The molecule has 0 saturated carbocycles. The Morgan fingerprint density at radius 2 is 2.00 bits per heavy atom. The molecule has 1 saturated heterocycles. The molecule has 1 aliphatic rings. The first kappa shape index (κ1) is 19.8. The Balaban J connectivity index is 1.49. The molecule has 0 aliphatic carbocycles. The lowest BCUT2D eigenvalue weighted by atomic mass is 10.2. The highest BCUT2D eigenvalue weighted by Gasteiger charge is 2.30. The second-order valence-corrected chi connectivity index (χ2v) is 9.80. The van der Waals surface area contributed by atoms with Crippen LogP contribution in [0.4, 0.5) is 0 Å². The molecule has 0 radical (unpaired) electrons. The van der Waals surface area contributed by atoms with E-state index in [2.05, 4.69) is 10.2 Å². The molecule has 154 valence electrons. The molecule has 3 aromatic heterocycles. The number of hydrogen-bond donors (Lipinski definition) is 0. The number of aryl methyl sites for hydroxylation is 2. The van der Waals surface area contributed by atoms with Gasteiger partial charge in [0.25, 0.3) is 5.91 Å². The average molecular weight is 435 g/mol. The minimum Gasteiger partial charge on any atom is -0.336 e. The van der Waals surface area contributed by atoms with Crippen molar-refractivity contribution in [2.45, 2.75) is 11.3 Å². The third kappa shape index (κ3) is 3.85. The first-order valence-corrected chi connectivity index (χ1v) is 11.5. The molecule has 0 bridgehead atoms. The van der Waals surface area contributed by atoms with Crippen LogP contribution in [0.15, 0.2) is 40.9 Å². The summed E-state index contributed by atoms with van der Waals surface area (Å²) in [4.78, 5) is 16.0. The summed E-state index contributed by atoms with van der Waals surface area (Å²) in [5, 5.41) is 10.4. The maximum absolute atomic E-state index is 13.1. The van der Waals surface area contributed by atoms with Crippen molar-refractivity contribution in [3.05, 3.63) is 41.7 Å². The largest absolute Gasteiger partial charge is 0.336 e. The molecule has 0 aromatic carbocycles. The lowest BCUT2D eigenvalue weighted by Gasteiger charge is -2.21. The number of carbonyl (C=O) groups is 1. The Hall–Kier alpha value is -2.50. The maximum atomic E-state index is 13.1. The number of hydrogen-bond acceptors (Lipinski definition) is 6. The van der Waals surface area contributed by atoms with E-state index in [1.807, 2.05) is 17.5 Å². The molecular weight excluding hydrogens is 412 g/mol. The van der Waals surface area contributed by atoms with Gasteiger partial charge in [-0.1, -0.05) is 6.07 Å². The molecule has 1 aliphatic heterocycles. The summed E-state index contributed by atoms with van der Waals surface area (Å²) < 4.78 is 30.2. The molecule has 1 fully saturated rings. The van der Waals surface area contributed by atoms with Crippen LogP contribution in [0.25, 0.3) is 10.6 Å². The minimum atomic E-state index is -3.62. The van der Waals surface area contributed by atoms with E-state index >= 15 is 0 Å². The zero-order valence-electron chi connectivity index (χ0n) is 16.2. The van der Waals surface area contributed by atoms with Gasteiger partial charge in [0.2, 0.25) is 10.0 Å². The van der Waals surface area contributed by atoms with E-state index in [0.717, 1.165) is 10.6 Å². The van der Waals surface area contributed by atoms with Gasteiger partial charge in [-0.25, -0.2) is 8.42 Å². The predicted molar refractivity (Wildman–Crippen MR) is 109 cm³/mol. The normalized spacial score (nSPS) is 16.1. The van der Waals surface area contributed by atoms with Crippen molar-refractivity contribution in [1.82, 2.24) is 28.8 Å². The van der Waals surface area contributed by atoms with Crippen molar-refractivity contribution >= 4 is 27.3 Å². The fraction of sp³-hybridized carbons (Fsp3) is 0.389. The Morgan fingerprint density at radius 3 is 2.69 bits per heavy atom. The quantitative estimate of drug-likeness (QED) is 0.619. The van der Waals surface area contributed by atoms with E-state index < -0.39 is 10.0 Å². The fourth-order valence-electron chi connectivity index (χ4n) is 3.39. The molecule has 11 heteroatoms. The third-order valence-electron chi connectivity index (χ3n) is 4.93. The van der Waals surface area contributed by atoms with Crippen molar-refractivity contribution in [1.29, 1.82) is 0 Å². The Bertz CT molecular complexity index is 1120. The van der Waals surface area contributed by atoms with Crippen LogP contribution in [0.2, 0.25) is 0 Å². The minimum absolute atomic E-state index is 0.136. The van der Waals surface area contributed by atoms with Gasteiger partial charge in [-0.2, -0.15) is 14.5 Å². The average Bonchev–Trinajstić information content (AvgIpc) is 3.39. The number of sulfonamides is 1.